The Morgan fingerprint density at radius 1 is 0.970 bits per heavy atom. The Labute approximate surface area is 196 Å². The van der Waals surface area contributed by atoms with Crippen LogP contribution in [0.4, 0.5) is 8.78 Å². The molecule has 1 aliphatic carbocycles. The Kier molecular flexibility index (Phi) is 9.28. The lowest BCUT2D eigenvalue weighted by Gasteiger charge is -2.28. The zero-order chi connectivity index (χ0) is 23.8. The number of esters is 1. The molecule has 1 aliphatic rings. The van der Waals surface area contributed by atoms with Crippen molar-refractivity contribution in [3.63, 3.8) is 0 Å². The van der Waals surface area contributed by atoms with Gasteiger partial charge in [0.05, 0.1) is 12.2 Å². The number of ether oxygens (including phenoxy) is 2. The quantitative estimate of drug-likeness (QED) is 0.270. The molecule has 2 aromatic rings. The third-order valence-electron chi connectivity index (χ3n) is 6.83. The molecule has 3 nitrogen and oxygen atoms in total. The molecule has 5 heteroatoms. The van der Waals surface area contributed by atoms with Crippen LogP contribution >= 0.6 is 0 Å². The molecule has 0 heterocycles. The van der Waals surface area contributed by atoms with Crippen LogP contribution in [0.1, 0.15) is 81.6 Å². The molecule has 2 aromatic carbocycles. The van der Waals surface area contributed by atoms with Crippen LogP contribution in [0.3, 0.4) is 0 Å². The van der Waals surface area contributed by atoms with Gasteiger partial charge in [-0.25, -0.2) is 9.18 Å². The van der Waals surface area contributed by atoms with Gasteiger partial charge in [-0.1, -0.05) is 58.9 Å². The zero-order valence-corrected chi connectivity index (χ0v) is 20.0. The van der Waals surface area contributed by atoms with E-state index in [0.717, 1.165) is 12.3 Å². The van der Waals surface area contributed by atoms with Crippen LogP contribution in [0.5, 0.6) is 11.5 Å². The van der Waals surface area contributed by atoms with E-state index in [0.29, 0.717) is 30.3 Å². The van der Waals surface area contributed by atoms with Crippen molar-refractivity contribution in [3.8, 4) is 11.5 Å². The molecule has 0 saturated heterocycles. The van der Waals surface area contributed by atoms with Crippen molar-refractivity contribution >= 4 is 5.97 Å². The molecule has 0 spiro atoms. The van der Waals surface area contributed by atoms with Crippen molar-refractivity contribution in [1.82, 2.24) is 0 Å². The van der Waals surface area contributed by atoms with Crippen LogP contribution in [0.2, 0.25) is 0 Å². The minimum absolute atomic E-state index is 0.240. The molecule has 0 aliphatic heterocycles. The number of rotatable bonds is 10. The van der Waals surface area contributed by atoms with Gasteiger partial charge in [0.15, 0.2) is 11.6 Å². The lowest BCUT2D eigenvalue weighted by Crippen LogP contribution is -2.20. The van der Waals surface area contributed by atoms with Crippen LogP contribution in [-0.2, 0) is 6.42 Å². The van der Waals surface area contributed by atoms with Gasteiger partial charge >= 0.3 is 5.97 Å². The molecule has 33 heavy (non-hydrogen) atoms. The van der Waals surface area contributed by atoms with Gasteiger partial charge in [0.25, 0.3) is 0 Å². The molecular weight excluding hydrogens is 422 g/mol. The lowest BCUT2D eigenvalue weighted by molar-refractivity contribution is 0.0726. The Morgan fingerprint density at radius 3 is 2.27 bits per heavy atom. The Balaban J connectivity index is 1.53. The Hall–Kier alpha value is -2.43. The molecule has 3 rings (SSSR count). The second-order valence-corrected chi connectivity index (χ2v) is 9.47. The van der Waals surface area contributed by atoms with E-state index < -0.39 is 23.4 Å². The van der Waals surface area contributed by atoms with E-state index in [1.54, 1.807) is 24.3 Å². The molecule has 0 amide bonds. The van der Waals surface area contributed by atoms with Crippen LogP contribution < -0.4 is 9.47 Å². The number of hydrogen-bond donors (Lipinski definition) is 0. The van der Waals surface area contributed by atoms with E-state index in [-0.39, 0.29) is 11.5 Å². The van der Waals surface area contributed by atoms with Gasteiger partial charge in [-0.05, 0) is 72.9 Å². The monoisotopic (exact) mass is 458 g/mol. The maximum atomic E-state index is 14.4. The number of halogens is 2. The highest BCUT2D eigenvalue weighted by molar-refractivity contribution is 5.91. The van der Waals surface area contributed by atoms with Crippen molar-refractivity contribution < 1.29 is 23.0 Å². The first-order valence-corrected chi connectivity index (χ1v) is 12.3. The van der Waals surface area contributed by atoms with Crippen molar-refractivity contribution in [2.75, 3.05) is 6.61 Å². The number of hydrogen-bond acceptors (Lipinski definition) is 3. The summed E-state index contributed by atoms with van der Waals surface area (Å²) in [6.07, 6.45) is 8.86. The molecule has 180 valence electrons. The third-order valence-corrected chi connectivity index (χ3v) is 6.83. The predicted molar refractivity (Wildman–Crippen MR) is 127 cm³/mol. The predicted octanol–water partition coefficient (Wildman–Crippen LogP) is 7.76. The maximum Gasteiger partial charge on any atom is 0.343 e. The van der Waals surface area contributed by atoms with Crippen molar-refractivity contribution in [2.24, 2.45) is 17.8 Å². The molecule has 1 atom stereocenters. The summed E-state index contributed by atoms with van der Waals surface area (Å²) in [5.41, 5.74) is 0.549. The van der Waals surface area contributed by atoms with Crippen LogP contribution in [0.25, 0.3) is 0 Å². The Morgan fingerprint density at radius 2 is 1.64 bits per heavy atom. The molecule has 0 aromatic heterocycles. The molecule has 0 radical (unpaired) electrons. The van der Waals surface area contributed by atoms with Gasteiger partial charge in [0.1, 0.15) is 5.75 Å². The van der Waals surface area contributed by atoms with E-state index in [1.807, 2.05) is 13.8 Å². The van der Waals surface area contributed by atoms with Gasteiger partial charge in [0, 0.05) is 0 Å². The number of benzene rings is 2. The minimum Gasteiger partial charge on any atom is -0.493 e. The number of carbonyl (C=O) groups excluding carboxylic acids is 1. The smallest absolute Gasteiger partial charge is 0.343 e. The van der Waals surface area contributed by atoms with E-state index >= 15 is 0 Å². The van der Waals surface area contributed by atoms with Crippen molar-refractivity contribution in [3.05, 3.63) is 59.2 Å². The van der Waals surface area contributed by atoms with E-state index in [4.69, 9.17) is 9.47 Å². The first-order chi connectivity index (χ1) is 15.9. The van der Waals surface area contributed by atoms with Crippen molar-refractivity contribution in [1.29, 1.82) is 0 Å². The van der Waals surface area contributed by atoms with Crippen LogP contribution in [0, 0.1) is 29.4 Å². The summed E-state index contributed by atoms with van der Waals surface area (Å²) in [6.45, 7) is 6.91. The summed E-state index contributed by atoms with van der Waals surface area (Å²) < 4.78 is 39.9. The molecular formula is C28H36F2O3. The van der Waals surface area contributed by atoms with Crippen LogP contribution in [0.15, 0.2) is 36.4 Å². The fourth-order valence-electron chi connectivity index (χ4n) is 4.48. The third kappa shape index (κ3) is 7.02. The Bertz CT molecular complexity index is 902. The first kappa shape index (κ1) is 25.2. The maximum absolute atomic E-state index is 14.4. The highest BCUT2D eigenvalue weighted by Crippen LogP contribution is 2.32. The van der Waals surface area contributed by atoms with E-state index in [9.17, 15) is 13.6 Å². The summed E-state index contributed by atoms with van der Waals surface area (Å²) in [7, 11) is 0. The molecule has 0 bridgehead atoms. The summed E-state index contributed by atoms with van der Waals surface area (Å²) in [5.74, 6) is -0.841. The normalized spacial score (nSPS) is 19.2. The fourth-order valence-corrected chi connectivity index (χ4v) is 4.48. The topological polar surface area (TPSA) is 35.5 Å². The second kappa shape index (κ2) is 12.2. The van der Waals surface area contributed by atoms with E-state index in [1.165, 1.54) is 50.7 Å². The van der Waals surface area contributed by atoms with Gasteiger partial charge in [-0.15, -0.1) is 0 Å². The fraction of sp³-hybridized carbons (Fsp3) is 0.536. The summed E-state index contributed by atoms with van der Waals surface area (Å²) in [5, 5.41) is 0. The van der Waals surface area contributed by atoms with Gasteiger partial charge in [-0.3, -0.25) is 0 Å². The minimum atomic E-state index is -1.13. The van der Waals surface area contributed by atoms with E-state index in [2.05, 4.69) is 6.92 Å². The largest absolute Gasteiger partial charge is 0.493 e. The standard InChI is InChI=1S/C28H36F2O3/c1-4-6-20-7-9-21(10-8-20)18-32-24-14-11-22(12-15-24)28(31)33-25-16-13-23(17-19(3)5-2)26(29)27(25)30/h11-16,19-21H,4-10,17-18H2,1-3H3/t19-,20-,21-/m0/s1. The summed E-state index contributed by atoms with van der Waals surface area (Å²) in [6, 6.07) is 9.40. The average Bonchev–Trinajstić information content (AvgIpc) is 2.83. The van der Waals surface area contributed by atoms with Gasteiger partial charge in [0.2, 0.25) is 5.82 Å². The van der Waals surface area contributed by atoms with Gasteiger partial charge in [-0.2, -0.15) is 4.39 Å². The highest BCUT2D eigenvalue weighted by Gasteiger charge is 2.21. The summed E-state index contributed by atoms with van der Waals surface area (Å²) in [4.78, 5) is 12.4. The van der Waals surface area contributed by atoms with Crippen molar-refractivity contribution in [2.45, 2.75) is 72.1 Å². The number of carbonyl (C=O) groups is 1. The summed E-state index contributed by atoms with van der Waals surface area (Å²) >= 11 is 0. The van der Waals surface area contributed by atoms with Gasteiger partial charge < -0.3 is 9.47 Å². The second-order valence-electron chi connectivity index (χ2n) is 9.47. The average molecular weight is 459 g/mol. The SMILES string of the molecule is CCC[C@H]1CC[C@H](COc2ccc(C(=O)Oc3ccc(C[C@@H](C)CC)c(F)c3F)cc2)CC1. The molecule has 0 N–H and O–H groups in total. The lowest BCUT2D eigenvalue weighted by atomic mass is 9.80. The van der Waals surface area contributed by atoms with Crippen LogP contribution in [-0.4, -0.2) is 12.6 Å². The molecule has 1 saturated carbocycles. The highest BCUT2D eigenvalue weighted by atomic mass is 19.2. The molecule has 1 fully saturated rings. The first-order valence-electron chi connectivity index (χ1n) is 12.3. The molecule has 0 unspecified atom stereocenters. The zero-order valence-electron chi connectivity index (χ0n) is 20.0.